The van der Waals surface area contributed by atoms with Crippen LogP contribution in [-0.4, -0.2) is 11.6 Å². The number of aryl methyl sites for hydroxylation is 1. The Hall–Kier alpha value is -1.26. The lowest BCUT2D eigenvalue weighted by Gasteiger charge is -2.15. The lowest BCUT2D eigenvalue weighted by Crippen LogP contribution is -2.06. The zero-order valence-corrected chi connectivity index (χ0v) is 12.8. The molecule has 0 aliphatic rings. The smallest absolute Gasteiger partial charge is 0.138 e. The molecule has 102 valence electrons. The molecule has 1 aromatic heterocycles. The molecule has 0 fully saturated rings. The summed E-state index contributed by atoms with van der Waals surface area (Å²) in [6, 6.07) is 5.96. The van der Waals surface area contributed by atoms with Crippen molar-refractivity contribution in [2.24, 2.45) is 0 Å². The first-order valence-corrected chi connectivity index (χ1v) is 7.46. The average Bonchev–Trinajstić information content (AvgIpc) is 2.79. The van der Waals surface area contributed by atoms with Gasteiger partial charge in [0.05, 0.1) is 28.9 Å². The minimum atomic E-state index is 0.210. The molecule has 19 heavy (non-hydrogen) atoms. The fraction of sp³-hybridized carbons (Fsp3) is 0.357. The van der Waals surface area contributed by atoms with Gasteiger partial charge in [-0.15, -0.1) is 11.3 Å². The summed E-state index contributed by atoms with van der Waals surface area (Å²) < 4.78 is 5.42. The van der Waals surface area contributed by atoms with Crippen LogP contribution in [0.2, 0.25) is 5.02 Å². The van der Waals surface area contributed by atoms with Crippen LogP contribution in [0.15, 0.2) is 23.7 Å². The van der Waals surface area contributed by atoms with Gasteiger partial charge in [0.1, 0.15) is 5.75 Å². The number of ether oxygens (including phenoxy) is 1. The van der Waals surface area contributed by atoms with E-state index in [4.69, 9.17) is 16.3 Å². The fourth-order valence-corrected chi connectivity index (χ4v) is 2.95. The first kappa shape index (κ1) is 14.2. The molecule has 1 unspecified atom stereocenters. The molecule has 0 aliphatic heterocycles. The van der Waals surface area contributed by atoms with E-state index in [9.17, 15) is 0 Å². The highest BCUT2D eigenvalue weighted by Gasteiger charge is 2.11. The van der Waals surface area contributed by atoms with Gasteiger partial charge in [-0.25, -0.2) is 4.98 Å². The summed E-state index contributed by atoms with van der Waals surface area (Å²) in [5, 5.41) is 4.05. The molecule has 2 rings (SSSR count). The molecule has 1 N–H and O–H groups in total. The van der Waals surface area contributed by atoms with E-state index in [0.29, 0.717) is 11.6 Å². The molecular formula is C14H17ClN2OS. The van der Waals surface area contributed by atoms with Gasteiger partial charge in [0.2, 0.25) is 0 Å². The Morgan fingerprint density at radius 3 is 2.84 bits per heavy atom. The normalized spacial score (nSPS) is 12.2. The number of nitrogens with one attached hydrogen (secondary N) is 1. The van der Waals surface area contributed by atoms with Gasteiger partial charge in [-0.3, -0.25) is 0 Å². The quantitative estimate of drug-likeness (QED) is 0.870. The SMILES string of the molecule is CCOc1ccc(NC(C)c2scnc2C)cc1Cl. The summed E-state index contributed by atoms with van der Waals surface area (Å²) >= 11 is 7.83. The van der Waals surface area contributed by atoms with Crippen molar-refractivity contribution in [3.63, 3.8) is 0 Å². The molecular weight excluding hydrogens is 280 g/mol. The van der Waals surface area contributed by atoms with Crippen LogP contribution in [0.25, 0.3) is 0 Å². The van der Waals surface area contributed by atoms with Crippen molar-refractivity contribution in [1.29, 1.82) is 0 Å². The van der Waals surface area contributed by atoms with E-state index in [1.54, 1.807) is 11.3 Å². The van der Waals surface area contributed by atoms with Gasteiger partial charge in [-0.05, 0) is 39.0 Å². The van der Waals surface area contributed by atoms with Crippen molar-refractivity contribution in [1.82, 2.24) is 4.98 Å². The van der Waals surface area contributed by atoms with Crippen LogP contribution in [0.5, 0.6) is 5.75 Å². The third-order valence-corrected chi connectivity index (χ3v) is 4.20. The number of thiazole rings is 1. The lowest BCUT2D eigenvalue weighted by atomic mass is 10.2. The summed E-state index contributed by atoms with van der Waals surface area (Å²) in [4.78, 5) is 5.51. The maximum Gasteiger partial charge on any atom is 0.138 e. The first-order valence-electron chi connectivity index (χ1n) is 6.20. The molecule has 0 amide bonds. The van der Waals surface area contributed by atoms with Crippen molar-refractivity contribution < 1.29 is 4.74 Å². The average molecular weight is 297 g/mol. The molecule has 0 saturated carbocycles. The van der Waals surface area contributed by atoms with Crippen LogP contribution in [0.4, 0.5) is 5.69 Å². The Balaban J connectivity index is 2.11. The van der Waals surface area contributed by atoms with Crippen LogP contribution in [0, 0.1) is 6.92 Å². The Labute approximate surface area is 122 Å². The molecule has 1 atom stereocenters. The third kappa shape index (κ3) is 3.39. The largest absolute Gasteiger partial charge is 0.492 e. The van der Waals surface area contributed by atoms with Gasteiger partial charge >= 0.3 is 0 Å². The highest BCUT2D eigenvalue weighted by Crippen LogP contribution is 2.30. The Kier molecular flexibility index (Phi) is 4.66. The predicted octanol–water partition coefficient (Wildman–Crippen LogP) is 4.68. The van der Waals surface area contributed by atoms with Gasteiger partial charge < -0.3 is 10.1 Å². The molecule has 1 aromatic carbocycles. The fourth-order valence-electron chi connectivity index (χ4n) is 1.91. The van der Waals surface area contributed by atoms with Gasteiger partial charge in [0, 0.05) is 10.6 Å². The number of aromatic nitrogens is 1. The minimum absolute atomic E-state index is 0.210. The number of nitrogens with zero attached hydrogens (tertiary/aromatic N) is 1. The highest BCUT2D eigenvalue weighted by molar-refractivity contribution is 7.09. The standard InChI is InChI=1S/C14H17ClN2OS/c1-4-18-13-6-5-11(7-12(13)15)17-10(3)14-9(2)16-8-19-14/h5-8,10,17H,4H2,1-3H3. The van der Waals surface area contributed by atoms with Gasteiger partial charge in [-0.1, -0.05) is 11.6 Å². The van der Waals surface area contributed by atoms with Crippen LogP contribution in [-0.2, 0) is 0 Å². The molecule has 2 aromatic rings. The van der Waals surface area contributed by atoms with E-state index in [0.717, 1.165) is 17.1 Å². The molecule has 0 spiro atoms. The first-order chi connectivity index (χ1) is 9.11. The number of halogens is 1. The Morgan fingerprint density at radius 2 is 2.26 bits per heavy atom. The molecule has 0 aliphatic carbocycles. The lowest BCUT2D eigenvalue weighted by molar-refractivity contribution is 0.340. The summed E-state index contributed by atoms with van der Waals surface area (Å²) in [5.41, 5.74) is 3.92. The number of hydrogen-bond donors (Lipinski definition) is 1. The maximum absolute atomic E-state index is 6.17. The highest BCUT2D eigenvalue weighted by atomic mass is 35.5. The van der Waals surface area contributed by atoms with Crippen molar-refractivity contribution in [2.75, 3.05) is 11.9 Å². The molecule has 5 heteroatoms. The third-order valence-electron chi connectivity index (χ3n) is 2.79. The predicted molar refractivity (Wildman–Crippen MR) is 81.5 cm³/mol. The number of rotatable bonds is 5. The van der Waals surface area contributed by atoms with E-state index in [2.05, 4.69) is 17.2 Å². The van der Waals surface area contributed by atoms with E-state index in [-0.39, 0.29) is 6.04 Å². The van der Waals surface area contributed by atoms with Gasteiger partial charge in [0.25, 0.3) is 0 Å². The molecule has 0 saturated heterocycles. The number of hydrogen-bond acceptors (Lipinski definition) is 4. The zero-order valence-electron chi connectivity index (χ0n) is 11.2. The Bertz CT molecular complexity index is 556. The summed E-state index contributed by atoms with van der Waals surface area (Å²) in [7, 11) is 0. The zero-order chi connectivity index (χ0) is 13.8. The van der Waals surface area contributed by atoms with Crippen molar-refractivity contribution >= 4 is 28.6 Å². The molecule has 0 radical (unpaired) electrons. The van der Waals surface area contributed by atoms with E-state index in [1.165, 1.54) is 4.88 Å². The second-order valence-corrected chi connectivity index (χ2v) is 5.54. The minimum Gasteiger partial charge on any atom is -0.492 e. The van der Waals surface area contributed by atoms with Crippen LogP contribution in [0.1, 0.15) is 30.5 Å². The summed E-state index contributed by atoms with van der Waals surface area (Å²) in [6.45, 7) is 6.69. The monoisotopic (exact) mass is 296 g/mol. The van der Waals surface area contributed by atoms with Crippen LogP contribution in [0.3, 0.4) is 0 Å². The van der Waals surface area contributed by atoms with Crippen molar-refractivity contribution in [3.05, 3.63) is 39.3 Å². The second-order valence-electron chi connectivity index (χ2n) is 4.25. The van der Waals surface area contributed by atoms with Crippen LogP contribution < -0.4 is 10.1 Å². The Morgan fingerprint density at radius 1 is 1.47 bits per heavy atom. The molecule has 0 bridgehead atoms. The summed E-state index contributed by atoms with van der Waals surface area (Å²) in [5.74, 6) is 0.719. The number of benzene rings is 1. The second kappa shape index (κ2) is 6.26. The topological polar surface area (TPSA) is 34.1 Å². The van der Waals surface area contributed by atoms with E-state index in [1.807, 2.05) is 37.6 Å². The molecule has 3 nitrogen and oxygen atoms in total. The van der Waals surface area contributed by atoms with Crippen molar-refractivity contribution in [3.8, 4) is 5.75 Å². The maximum atomic E-state index is 6.17. The van der Waals surface area contributed by atoms with Crippen LogP contribution >= 0.6 is 22.9 Å². The van der Waals surface area contributed by atoms with E-state index >= 15 is 0 Å². The van der Waals surface area contributed by atoms with Gasteiger partial charge in [-0.2, -0.15) is 0 Å². The van der Waals surface area contributed by atoms with E-state index < -0.39 is 0 Å². The van der Waals surface area contributed by atoms with Gasteiger partial charge in [0.15, 0.2) is 0 Å². The number of anilines is 1. The van der Waals surface area contributed by atoms with Crippen molar-refractivity contribution in [2.45, 2.75) is 26.8 Å². The summed E-state index contributed by atoms with van der Waals surface area (Å²) in [6.07, 6.45) is 0. The molecule has 1 heterocycles.